The van der Waals surface area contributed by atoms with Crippen LogP contribution in [0.4, 0.5) is 10.7 Å². The largest absolute Gasteiger partial charge is 0.493 e. The van der Waals surface area contributed by atoms with Gasteiger partial charge in [0, 0.05) is 15.8 Å². The summed E-state index contributed by atoms with van der Waals surface area (Å²) >= 11 is 1.49. The number of ether oxygens (including phenoxy) is 1. The molecule has 2 rings (SSSR count). The van der Waals surface area contributed by atoms with Gasteiger partial charge in [-0.05, 0) is 18.2 Å². The Hall–Kier alpha value is -1.42. The lowest BCUT2D eigenvalue weighted by molar-refractivity contribution is 0.423. The molecule has 1 aromatic heterocycles. The normalized spacial score (nSPS) is 10.5. The minimum Gasteiger partial charge on any atom is -0.493 e. The molecule has 0 saturated carbocycles. The van der Waals surface area contributed by atoms with Gasteiger partial charge in [0.05, 0.1) is 7.11 Å². The lowest BCUT2D eigenvalue weighted by Crippen LogP contribution is -1.86. The Balaban J connectivity index is 2.79. The van der Waals surface area contributed by atoms with Crippen molar-refractivity contribution in [2.24, 2.45) is 0 Å². The maximum absolute atomic E-state index is 5.77. The van der Waals surface area contributed by atoms with Gasteiger partial charge in [-0.3, -0.25) is 0 Å². The van der Waals surface area contributed by atoms with E-state index in [-0.39, 0.29) is 0 Å². The molecule has 1 heterocycles. The van der Waals surface area contributed by atoms with Crippen molar-refractivity contribution >= 4 is 32.1 Å². The molecule has 68 valence electrons. The molecule has 1 aromatic carbocycles. The molecule has 0 radical (unpaired) electrons. The van der Waals surface area contributed by atoms with Crippen LogP contribution in [0, 0.1) is 0 Å². The molecule has 0 atom stereocenters. The molecule has 0 saturated heterocycles. The Kier molecular flexibility index (Phi) is 1.77. The van der Waals surface area contributed by atoms with Crippen LogP contribution in [0.1, 0.15) is 0 Å². The van der Waals surface area contributed by atoms with Gasteiger partial charge >= 0.3 is 0 Å². The van der Waals surface area contributed by atoms with Crippen LogP contribution in [0.25, 0.3) is 10.1 Å². The van der Waals surface area contributed by atoms with Gasteiger partial charge in [-0.25, -0.2) is 0 Å². The molecule has 4 heteroatoms. The van der Waals surface area contributed by atoms with E-state index in [1.807, 2.05) is 18.2 Å². The van der Waals surface area contributed by atoms with Gasteiger partial charge in [-0.2, -0.15) is 0 Å². The fourth-order valence-electron chi connectivity index (χ4n) is 1.32. The summed E-state index contributed by atoms with van der Waals surface area (Å²) in [5, 5.41) is 1.72. The molecule has 0 bridgehead atoms. The molecule has 0 aliphatic heterocycles. The van der Waals surface area contributed by atoms with Gasteiger partial charge in [-0.15, -0.1) is 11.3 Å². The average molecular weight is 194 g/mol. The molecule has 0 unspecified atom stereocenters. The Bertz CT molecular complexity index is 450. The average Bonchev–Trinajstić information content (AvgIpc) is 2.39. The highest BCUT2D eigenvalue weighted by molar-refractivity contribution is 7.23. The Morgan fingerprint density at radius 2 is 2.08 bits per heavy atom. The zero-order valence-electron chi connectivity index (χ0n) is 7.20. The van der Waals surface area contributed by atoms with Crippen LogP contribution < -0.4 is 16.2 Å². The van der Waals surface area contributed by atoms with E-state index in [1.54, 1.807) is 7.11 Å². The van der Waals surface area contributed by atoms with Gasteiger partial charge < -0.3 is 16.2 Å². The predicted octanol–water partition coefficient (Wildman–Crippen LogP) is 2.07. The molecule has 2 aromatic rings. The number of rotatable bonds is 1. The summed E-state index contributed by atoms with van der Waals surface area (Å²) in [5.74, 6) is 0.750. The second-order valence-corrected chi connectivity index (χ2v) is 3.84. The quantitative estimate of drug-likeness (QED) is 0.683. The first-order chi connectivity index (χ1) is 6.22. The van der Waals surface area contributed by atoms with Crippen molar-refractivity contribution in [3.05, 3.63) is 18.2 Å². The number of nitrogens with two attached hydrogens (primary N) is 2. The molecule has 0 amide bonds. The highest BCUT2D eigenvalue weighted by atomic mass is 32.1. The van der Waals surface area contributed by atoms with Crippen molar-refractivity contribution in [2.45, 2.75) is 0 Å². The topological polar surface area (TPSA) is 61.3 Å². The summed E-state index contributed by atoms with van der Waals surface area (Å²) in [6, 6.07) is 5.67. The smallest absolute Gasteiger partial charge is 0.160 e. The maximum Gasteiger partial charge on any atom is 0.160 e. The Labute approximate surface area is 79.9 Å². The molecule has 4 N–H and O–H groups in total. The molecular formula is C9H10N2OS. The third-order valence-corrected chi connectivity index (χ3v) is 2.86. The van der Waals surface area contributed by atoms with E-state index >= 15 is 0 Å². The second kappa shape index (κ2) is 2.81. The summed E-state index contributed by atoms with van der Waals surface area (Å²) in [6.45, 7) is 0. The van der Waals surface area contributed by atoms with Crippen LogP contribution in [-0.4, -0.2) is 7.11 Å². The Morgan fingerprint density at radius 1 is 1.31 bits per heavy atom. The van der Waals surface area contributed by atoms with Crippen molar-refractivity contribution in [1.29, 1.82) is 0 Å². The van der Waals surface area contributed by atoms with E-state index in [0.29, 0.717) is 5.00 Å². The minimum absolute atomic E-state index is 0.697. The summed E-state index contributed by atoms with van der Waals surface area (Å²) in [6.07, 6.45) is 0. The lowest BCUT2D eigenvalue weighted by Gasteiger charge is -1.98. The number of anilines is 2. The maximum atomic E-state index is 5.77. The fourth-order valence-corrected chi connectivity index (χ4v) is 2.31. The lowest BCUT2D eigenvalue weighted by atomic mass is 10.2. The SMILES string of the molecule is COc1c(N)sc2cc(N)ccc12. The van der Waals surface area contributed by atoms with E-state index in [4.69, 9.17) is 16.2 Å². The van der Waals surface area contributed by atoms with Gasteiger partial charge in [0.25, 0.3) is 0 Å². The zero-order valence-corrected chi connectivity index (χ0v) is 8.02. The molecule has 13 heavy (non-hydrogen) atoms. The first-order valence-electron chi connectivity index (χ1n) is 3.84. The van der Waals surface area contributed by atoms with E-state index in [0.717, 1.165) is 21.5 Å². The van der Waals surface area contributed by atoms with Gasteiger partial charge in [0.15, 0.2) is 5.75 Å². The second-order valence-electron chi connectivity index (χ2n) is 2.76. The zero-order chi connectivity index (χ0) is 9.42. The van der Waals surface area contributed by atoms with E-state index in [1.165, 1.54) is 11.3 Å². The first kappa shape index (κ1) is 8.19. The number of nitrogen functional groups attached to an aromatic ring is 2. The predicted molar refractivity (Wildman–Crippen MR) is 57.2 cm³/mol. The summed E-state index contributed by atoms with van der Waals surface area (Å²) < 4.78 is 6.25. The highest BCUT2D eigenvalue weighted by Crippen LogP contribution is 2.40. The van der Waals surface area contributed by atoms with Crippen molar-refractivity contribution < 1.29 is 4.74 Å². The van der Waals surface area contributed by atoms with Crippen LogP contribution in [0.3, 0.4) is 0 Å². The fraction of sp³-hybridized carbons (Fsp3) is 0.111. The van der Waals surface area contributed by atoms with E-state index in [2.05, 4.69) is 0 Å². The summed E-state index contributed by atoms with van der Waals surface area (Å²) in [7, 11) is 1.62. The number of thiophene rings is 1. The molecule has 0 fully saturated rings. The number of hydrogen-bond acceptors (Lipinski definition) is 4. The standard InChI is InChI=1S/C9H10N2OS/c1-12-8-6-3-2-5(10)4-7(6)13-9(8)11/h2-4H,10-11H2,1H3. The highest BCUT2D eigenvalue weighted by Gasteiger charge is 2.09. The van der Waals surface area contributed by atoms with Crippen molar-refractivity contribution in [3.8, 4) is 5.75 Å². The van der Waals surface area contributed by atoms with E-state index in [9.17, 15) is 0 Å². The van der Waals surface area contributed by atoms with Crippen molar-refractivity contribution in [3.63, 3.8) is 0 Å². The Morgan fingerprint density at radius 3 is 2.77 bits per heavy atom. The number of methoxy groups -OCH3 is 1. The van der Waals surface area contributed by atoms with Gasteiger partial charge in [0.1, 0.15) is 5.00 Å². The molecule has 3 nitrogen and oxygen atoms in total. The van der Waals surface area contributed by atoms with Crippen LogP contribution in [0.15, 0.2) is 18.2 Å². The number of benzene rings is 1. The monoisotopic (exact) mass is 194 g/mol. The summed E-state index contributed by atoms with van der Waals surface area (Å²) in [4.78, 5) is 0. The van der Waals surface area contributed by atoms with Gasteiger partial charge in [0.2, 0.25) is 0 Å². The third-order valence-electron chi connectivity index (χ3n) is 1.90. The summed E-state index contributed by atoms with van der Waals surface area (Å²) in [5.41, 5.74) is 12.2. The van der Waals surface area contributed by atoms with Crippen LogP contribution in [0.2, 0.25) is 0 Å². The van der Waals surface area contributed by atoms with Crippen molar-refractivity contribution in [1.82, 2.24) is 0 Å². The van der Waals surface area contributed by atoms with Crippen LogP contribution >= 0.6 is 11.3 Å². The molecule has 0 spiro atoms. The molecule has 0 aliphatic rings. The van der Waals surface area contributed by atoms with Gasteiger partial charge in [-0.1, -0.05) is 0 Å². The number of hydrogen-bond donors (Lipinski definition) is 2. The van der Waals surface area contributed by atoms with Crippen LogP contribution in [0.5, 0.6) is 5.75 Å². The van der Waals surface area contributed by atoms with Crippen LogP contribution in [-0.2, 0) is 0 Å². The van der Waals surface area contributed by atoms with E-state index < -0.39 is 0 Å². The minimum atomic E-state index is 0.697. The molecule has 0 aliphatic carbocycles. The third kappa shape index (κ3) is 1.19. The number of fused-ring (bicyclic) bond motifs is 1. The van der Waals surface area contributed by atoms with Crippen molar-refractivity contribution in [2.75, 3.05) is 18.6 Å². The molecular weight excluding hydrogens is 184 g/mol. The first-order valence-corrected chi connectivity index (χ1v) is 4.65.